The molecule has 0 saturated heterocycles. The molecule has 1 saturated carbocycles. The zero-order chi connectivity index (χ0) is 41.9. The van der Waals surface area contributed by atoms with E-state index in [1.807, 2.05) is 24.3 Å². The highest BCUT2D eigenvalue weighted by molar-refractivity contribution is 5.86. The van der Waals surface area contributed by atoms with Gasteiger partial charge in [0.2, 0.25) is 0 Å². The van der Waals surface area contributed by atoms with E-state index in [0.717, 1.165) is 57.7 Å². The molecule has 4 rings (SSSR count). The normalized spacial score (nSPS) is 15.0. The standard InChI is InChI=1S/C50H59FN4O3/c1-5-7-8-12-37-15-17-39(18-16-37)41-20-22-46(47(51)34-41)45-21-19-40(31-38(45)6-2)44-32-42(13-9-10-26-52)48(43(33-44)14-11-30-57-49(56)36(3)4)58-35-50(23-27-53,24-28-54)25-29-55/h19-22,31-34,37,39H,3,5-18,23-25,30,35H2,1-2,4H3. The van der Waals surface area contributed by atoms with Crippen molar-refractivity contribution in [1.29, 1.82) is 21.0 Å². The maximum atomic E-state index is 16.0. The number of hydrogen-bond donors (Lipinski definition) is 0. The highest BCUT2D eigenvalue weighted by Gasteiger charge is 2.32. The third-order valence-corrected chi connectivity index (χ3v) is 11.7. The maximum Gasteiger partial charge on any atom is 0.333 e. The van der Waals surface area contributed by atoms with E-state index < -0.39 is 11.4 Å². The zero-order valence-corrected chi connectivity index (χ0v) is 34.8. The van der Waals surface area contributed by atoms with Crippen LogP contribution in [0.2, 0.25) is 0 Å². The third-order valence-electron chi connectivity index (χ3n) is 11.7. The SMILES string of the molecule is C=C(C)C(=O)OCCCc1cc(-c2ccc(-c3ccc(C4CCC(CCCCC)CC4)cc3F)c(CC)c2)cc(CCCC#N)c1OCC(CC#N)(CC#N)CC#N. The van der Waals surface area contributed by atoms with E-state index in [1.165, 1.54) is 38.5 Å². The predicted molar refractivity (Wildman–Crippen MR) is 227 cm³/mol. The second-order valence-electron chi connectivity index (χ2n) is 16.1. The van der Waals surface area contributed by atoms with Crippen molar-refractivity contribution in [2.24, 2.45) is 11.3 Å². The molecule has 1 fully saturated rings. The van der Waals surface area contributed by atoms with Crippen molar-refractivity contribution < 1.29 is 18.7 Å². The highest BCUT2D eigenvalue weighted by Crippen LogP contribution is 2.41. The molecular weight excluding hydrogens is 724 g/mol. The summed E-state index contributed by atoms with van der Waals surface area (Å²) in [6.45, 7) is 9.74. The van der Waals surface area contributed by atoms with Crippen molar-refractivity contribution in [3.63, 3.8) is 0 Å². The minimum Gasteiger partial charge on any atom is -0.492 e. The number of nitrogens with zero attached hydrogens (tertiary/aromatic N) is 4. The Bertz CT molecular complexity index is 2000. The number of unbranched alkanes of at least 4 members (excludes halogenated alkanes) is 3. The molecule has 0 radical (unpaired) electrons. The number of esters is 1. The van der Waals surface area contributed by atoms with Crippen LogP contribution in [0.4, 0.5) is 4.39 Å². The molecule has 3 aromatic rings. The predicted octanol–water partition coefficient (Wildman–Crippen LogP) is 12.6. The number of hydrogen-bond acceptors (Lipinski definition) is 7. The van der Waals surface area contributed by atoms with E-state index in [1.54, 1.807) is 13.0 Å². The second-order valence-corrected chi connectivity index (χ2v) is 16.1. The Morgan fingerprint density at radius 1 is 0.793 bits per heavy atom. The fourth-order valence-corrected chi connectivity index (χ4v) is 8.26. The van der Waals surface area contributed by atoms with Crippen LogP contribution in [0.5, 0.6) is 5.75 Å². The molecule has 0 atom stereocenters. The van der Waals surface area contributed by atoms with E-state index in [9.17, 15) is 25.8 Å². The minimum absolute atomic E-state index is 0.0106. The number of carbonyl (C=O) groups excluding carboxylic acids is 1. The molecule has 8 heteroatoms. The fourth-order valence-electron chi connectivity index (χ4n) is 8.26. The van der Waals surface area contributed by atoms with Gasteiger partial charge in [-0.2, -0.15) is 21.0 Å². The largest absolute Gasteiger partial charge is 0.492 e. The van der Waals surface area contributed by atoms with Gasteiger partial charge in [0, 0.05) is 42.2 Å². The maximum absolute atomic E-state index is 16.0. The second kappa shape index (κ2) is 23.1. The van der Waals surface area contributed by atoms with Gasteiger partial charge in [0.05, 0.1) is 37.5 Å². The summed E-state index contributed by atoms with van der Waals surface area (Å²) in [4.78, 5) is 12.1. The molecule has 0 aromatic heterocycles. The molecule has 58 heavy (non-hydrogen) atoms. The van der Waals surface area contributed by atoms with Crippen LogP contribution in [0.1, 0.15) is 139 Å². The lowest BCUT2D eigenvalue weighted by Gasteiger charge is -2.29. The number of nitriles is 4. The van der Waals surface area contributed by atoms with Crippen LogP contribution >= 0.6 is 0 Å². The molecule has 304 valence electrons. The number of benzene rings is 3. The van der Waals surface area contributed by atoms with E-state index in [4.69, 9.17) is 9.47 Å². The molecule has 0 spiro atoms. The van der Waals surface area contributed by atoms with Gasteiger partial charge in [0.25, 0.3) is 0 Å². The van der Waals surface area contributed by atoms with Crippen LogP contribution in [0.25, 0.3) is 22.3 Å². The summed E-state index contributed by atoms with van der Waals surface area (Å²) in [6, 6.07) is 24.7. The monoisotopic (exact) mass is 782 g/mol. The summed E-state index contributed by atoms with van der Waals surface area (Å²) in [5, 5.41) is 38.3. The lowest BCUT2D eigenvalue weighted by Crippen LogP contribution is -2.28. The van der Waals surface area contributed by atoms with Crippen LogP contribution in [0, 0.1) is 62.5 Å². The summed E-state index contributed by atoms with van der Waals surface area (Å²) >= 11 is 0. The smallest absolute Gasteiger partial charge is 0.333 e. The summed E-state index contributed by atoms with van der Waals surface area (Å²) in [6.07, 6.45) is 12.9. The Balaban J connectivity index is 1.69. The third kappa shape index (κ3) is 12.5. The minimum atomic E-state index is -0.970. The molecule has 1 aliphatic rings. The molecule has 1 aliphatic carbocycles. The molecule has 0 bridgehead atoms. The van der Waals surface area contributed by atoms with Crippen LogP contribution in [-0.2, 0) is 28.8 Å². The van der Waals surface area contributed by atoms with Gasteiger partial charge in [-0.15, -0.1) is 0 Å². The van der Waals surface area contributed by atoms with Crippen LogP contribution in [0.3, 0.4) is 0 Å². The van der Waals surface area contributed by atoms with Crippen molar-refractivity contribution >= 4 is 5.97 Å². The molecule has 0 aliphatic heterocycles. The lowest BCUT2D eigenvalue weighted by atomic mass is 9.77. The lowest BCUT2D eigenvalue weighted by molar-refractivity contribution is -0.139. The Labute approximate surface area is 346 Å². The number of halogens is 1. The number of ether oxygens (including phenoxy) is 2. The Morgan fingerprint density at radius 2 is 1.43 bits per heavy atom. The quantitative estimate of drug-likeness (QED) is 0.0563. The van der Waals surface area contributed by atoms with Gasteiger partial charge in [-0.1, -0.05) is 76.4 Å². The first-order valence-electron chi connectivity index (χ1n) is 21.1. The Morgan fingerprint density at radius 3 is 2.02 bits per heavy atom. The van der Waals surface area contributed by atoms with Crippen molar-refractivity contribution in [2.75, 3.05) is 13.2 Å². The molecular formula is C50H59FN4O3. The highest BCUT2D eigenvalue weighted by atomic mass is 19.1. The van der Waals surface area contributed by atoms with Crippen LogP contribution in [0.15, 0.2) is 60.7 Å². The molecule has 7 nitrogen and oxygen atoms in total. The first kappa shape index (κ1) is 45.3. The van der Waals surface area contributed by atoms with Gasteiger partial charge in [-0.05, 0) is 134 Å². The molecule has 0 unspecified atom stereocenters. The average Bonchev–Trinajstić information content (AvgIpc) is 3.22. The van der Waals surface area contributed by atoms with Gasteiger partial charge in [0.15, 0.2) is 0 Å². The average molecular weight is 783 g/mol. The van der Waals surface area contributed by atoms with Gasteiger partial charge in [0.1, 0.15) is 11.6 Å². The molecule has 3 aromatic carbocycles. The van der Waals surface area contributed by atoms with Gasteiger partial charge >= 0.3 is 5.97 Å². The summed E-state index contributed by atoms with van der Waals surface area (Å²) in [7, 11) is 0. The molecule has 0 heterocycles. The van der Waals surface area contributed by atoms with E-state index in [-0.39, 0.29) is 38.3 Å². The van der Waals surface area contributed by atoms with Crippen molar-refractivity contribution in [2.45, 2.75) is 136 Å². The van der Waals surface area contributed by atoms with Crippen molar-refractivity contribution in [3.05, 3.63) is 88.8 Å². The van der Waals surface area contributed by atoms with Gasteiger partial charge in [-0.3, -0.25) is 0 Å². The number of aryl methyl sites for hydroxylation is 3. The van der Waals surface area contributed by atoms with E-state index in [2.05, 4.69) is 62.9 Å². The number of rotatable bonds is 22. The number of carbonyl (C=O) groups is 1. The van der Waals surface area contributed by atoms with Crippen molar-refractivity contribution in [3.8, 4) is 52.3 Å². The topological polar surface area (TPSA) is 131 Å². The summed E-state index contributed by atoms with van der Waals surface area (Å²) < 4.78 is 28.0. The summed E-state index contributed by atoms with van der Waals surface area (Å²) in [5.41, 5.74) is 6.51. The van der Waals surface area contributed by atoms with Gasteiger partial charge in [-0.25, -0.2) is 9.18 Å². The molecule has 0 N–H and O–H groups in total. The Kier molecular flexibility index (Phi) is 18.0. The fraction of sp³-hybridized carbons (Fsp3) is 0.500. The van der Waals surface area contributed by atoms with Crippen molar-refractivity contribution in [1.82, 2.24) is 0 Å². The first-order chi connectivity index (χ1) is 28.1. The zero-order valence-electron chi connectivity index (χ0n) is 34.8. The van der Waals surface area contributed by atoms with E-state index in [0.29, 0.717) is 61.3 Å². The van der Waals surface area contributed by atoms with Crippen LogP contribution < -0.4 is 4.74 Å². The Hall–Kier alpha value is -5.44. The first-order valence-corrected chi connectivity index (χ1v) is 21.1. The summed E-state index contributed by atoms with van der Waals surface area (Å²) in [5.74, 6) is 1.14. The van der Waals surface area contributed by atoms with Gasteiger partial charge < -0.3 is 9.47 Å². The van der Waals surface area contributed by atoms with E-state index >= 15 is 4.39 Å². The molecule has 0 amide bonds. The van der Waals surface area contributed by atoms with Crippen LogP contribution in [-0.4, -0.2) is 19.2 Å².